The minimum Gasteiger partial charge on any atom is -0.480 e. The summed E-state index contributed by atoms with van der Waals surface area (Å²) in [5.74, 6) is -1.40. The van der Waals surface area contributed by atoms with E-state index in [1.54, 1.807) is 18.2 Å². The lowest BCUT2D eigenvalue weighted by Crippen LogP contribution is -2.41. The molecule has 2 aromatic rings. The molecule has 0 aliphatic heterocycles. The first-order valence-electron chi connectivity index (χ1n) is 7.22. The molecule has 128 valence electrons. The van der Waals surface area contributed by atoms with Crippen LogP contribution in [0, 0.1) is 5.92 Å². The molecule has 24 heavy (non-hydrogen) atoms. The number of carbonyl (C=O) groups excluding carboxylic acids is 1. The second kappa shape index (κ2) is 7.68. The van der Waals surface area contributed by atoms with Crippen molar-refractivity contribution >= 4 is 35.1 Å². The summed E-state index contributed by atoms with van der Waals surface area (Å²) >= 11 is 11.8. The molecule has 2 rings (SSSR count). The first-order chi connectivity index (χ1) is 11.3. The van der Waals surface area contributed by atoms with Crippen LogP contribution >= 0.6 is 23.2 Å². The quantitative estimate of drug-likeness (QED) is 0.804. The number of halogens is 2. The van der Waals surface area contributed by atoms with Crippen molar-refractivity contribution in [1.29, 1.82) is 0 Å². The first kappa shape index (κ1) is 18.3. The number of nitrogens with one attached hydrogen (secondary N) is 1. The zero-order valence-corrected chi connectivity index (χ0v) is 14.6. The van der Waals surface area contributed by atoms with Crippen LogP contribution in [0.15, 0.2) is 28.9 Å². The van der Waals surface area contributed by atoms with Crippen molar-refractivity contribution in [2.24, 2.45) is 5.92 Å². The van der Waals surface area contributed by atoms with E-state index in [1.165, 1.54) is 6.26 Å². The van der Waals surface area contributed by atoms with Gasteiger partial charge in [0.05, 0.1) is 10.0 Å². The Morgan fingerprint density at radius 3 is 2.58 bits per heavy atom. The SMILES string of the molecule is CC(C)CC(NC(=O)c1coc(-c2ccc(Cl)c(Cl)c2)n1)C(=O)O. The minimum atomic E-state index is -1.09. The van der Waals surface area contributed by atoms with Gasteiger partial charge in [-0.25, -0.2) is 9.78 Å². The average molecular weight is 371 g/mol. The van der Waals surface area contributed by atoms with Crippen LogP contribution in [-0.2, 0) is 4.79 Å². The number of hydrogen-bond donors (Lipinski definition) is 2. The van der Waals surface area contributed by atoms with Crippen molar-refractivity contribution in [1.82, 2.24) is 10.3 Å². The number of oxazole rings is 1. The second-order valence-electron chi connectivity index (χ2n) is 5.66. The molecule has 0 bridgehead atoms. The molecule has 1 heterocycles. The van der Waals surface area contributed by atoms with E-state index in [4.69, 9.17) is 27.6 Å². The van der Waals surface area contributed by atoms with Gasteiger partial charge in [0.2, 0.25) is 5.89 Å². The van der Waals surface area contributed by atoms with Crippen LogP contribution in [0.1, 0.15) is 30.8 Å². The van der Waals surface area contributed by atoms with Gasteiger partial charge in [0, 0.05) is 5.56 Å². The monoisotopic (exact) mass is 370 g/mol. The highest BCUT2D eigenvalue weighted by atomic mass is 35.5. The highest BCUT2D eigenvalue weighted by Crippen LogP contribution is 2.28. The van der Waals surface area contributed by atoms with Crippen LogP contribution in [0.4, 0.5) is 0 Å². The van der Waals surface area contributed by atoms with Crippen molar-refractivity contribution in [3.05, 3.63) is 40.2 Å². The maximum Gasteiger partial charge on any atom is 0.326 e. The summed E-state index contributed by atoms with van der Waals surface area (Å²) in [5, 5.41) is 12.3. The molecule has 1 aromatic heterocycles. The van der Waals surface area contributed by atoms with E-state index in [0.29, 0.717) is 22.0 Å². The molecule has 0 aliphatic carbocycles. The predicted molar refractivity (Wildman–Crippen MR) is 90.3 cm³/mol. The molecule has 1 amide bonds. The number of carboxylic acids is 1. The van der Waals surface area contributed by atoms with Crippen LogP contribution in [0.5, 0.6) is 0 Å². The number of hydrogen-bond acceptors (Lipinski definition) is 4. The van der Waals surface area contributed by atoms with Crippen LogP contribution in [0.25, 0.3) is 11.5 Å². The number of nitrogens with zero attached hydrogens (tertiary/aromatic N) is 1. The molecule has 6 nitrogen and oxygen atoms in total. The molecule has 8 heteroatoms. The van der Waals surface area contributed by atoms with Crippen molar-refractivity contribution in [3.8, 4) is 11.5 Å². The Hall–Kier alpha value is -2.05. The zero-order valence-electron chi connectivity index (χ0n) is 13.0. The standard InChI is InChI=1S/C16H16Cl2N2O4/c1-8(2)5-12(16(22)23)19-14(21)13-7-24-15(20-13)9-3-4-10(17)11(18)6-9/h3-4,6-8,12H,5H2,1-2H3,(H,19,21)(H,22,23). The number of rotatable bonds is 6. The van der Waals surface area contributed by atoms with Crippen molar-refractivity contribution < 1.29 is 19.1 Å². The van der Waals surface area contributed by atoms with Crippen molar-refractivity contribution in [3.63, 3.8) is 0 Å². The summed E-state index contributed by atoms with van der Waals surface area (Å²) in [6, 6.07) is 3.82. The van der Waals surface area contributed by atoms with Crippen molar-refractivity contribution in [2.75, 3.05) is 0 Å². The normalized spacial score (nSPS) is 12.2. The fourth-order valence-electron chi connectivity index (χ4n) is 2.06. The molecule has 1 atom stereocenters. The summed E-state index contributed by atoms with van der Waals surface area (Å²) in [6.07, 6.45) is 1.49. The lowest BCUT2D eigenvalue weighted by atomic mass is 10.0. The maximum atomic E-state index is 12.2. The lowest BCUT2D eigenvalue weighted by molar-refractivity contribution is -0.139. The average Bonchev–Trinajstić information content (AvgIpc) is 2.98. The Kier molecular flexibility index (Phi) is 5.85. The van der Waals surface area contributed by atoms with Crippen LogP contribution in [-0.4, -0.2) is 28.0 Å². The molecular weight excluding hydrogens is 355 g/mol. The van der Waals surface area contributed by atoms with Gasteiger partial charge in [-0.3, -0.25) is 4.79 Å². The molecule has 0 radical (unpaired) electrons. The first-order valence-corrected chi connectivity index (χ1v) is 7.98. The Bertz CT molecular complexity index is 758. The predicted octanol–water partition coefficient (Wildman–Crippen LogP) is 3.88. The van der Waals surface area contributed by atoms with Gasteiger partial charge < -0.3 is 14.8 Å². The smallest absolute Gasteiger partial charge is 0.326 e. The van der Waals surface area contributed by atoms with E-state index in [-0.39, 0.29) is 17.5 Å². The van der Waals surface area contributed by atoms with Gasteiger partial charge in [0.15, 0.2) is 5.69 Å². The van der Waals surface area contributed by atoms with Crippen molar-refractivity contribution in [2.45, 2.75) is 26.3 Å². The van der Waals surface area contributed by atoms with Gasteiger partial charge in [-0.05, 0) is 30.5 Å². The number of benzene rings is 1. The third kappa shape index (κ3) is 4.49. The number of carboxylic acid groups (broad SMARTS) is 1. The van der Waals surface area contributed by atoms with E-state index in [0.717, 1.165) is 0 Å². The van der Waals surface area contributed by atoms with E-state index in [1.807, 2.05) is 13.8 Å². The van der Waals surface area contributed by atoms with Crippen LogP contribution in [0.2, 0.25) is 10.0 Å². The lowest BCUT2D eigenvalue weighted by Gasteiger charge is -2.15. The van der Waals surface area contributed by atoms with E-state index < -0.39 is 17.9 Å². The molecule has 1 unspecified atom stereocenters. The minimum absolute atomic E-state index is 0.00826. The molecule has 0 saturated carbocycles. The molecule has 1 aromatic carbocycles. The van der Waals surface area contributed by atoms with Crippen LogP contribution in [0.3, 0.4) is 0 Å². The van der Waals surface area contributed by atoms with Gasteiger partial charge in [0.1, 0.15) is 12.3 Å². The van der Waals surface area contributed by atoms with Gasteiger partial charge in [-0.2, -0.15) is 0 Å². The zero-order chi connectivity index (χ0) is 17.9. The molecule has 0 fully saturated rings. The molecule has 0 saturated heterocycles. The molecular formula is C16H16Cl2N2O4. The van der Waals surface area contributed by atoms with E-state index >= 15 is 0 Å². The third-order valence-electron chi connectivity index (χ3n) is 3.21. The summed E-state index contributed by atoms with van der Waals surface area (Å²) in [7, 11) is 0. The summed E-state index contributed by atoms with van der Waals surface area (Å²) < 4.78 is 5.27. The summed E-state index contributed by atoms with van der Waals surface area (Å²) in [5.41, 5.74) is 0.548. The number of amides is 1. The number of aromatic nitrogens is 1. The highest BCUT2D eigenvalue weighted by molar-refractivity contribution is 6.42. The fraction of sp³-hybridized carbons (Fsp3) is 0.312. The van der Waals surface area contributed by atoms with E-state index in [9.17, 15) is 14.7 Å². The largest absolute Gasteiger partial charge is 0.480 e. The fourth-order valence-corrected chi connectivity index (χ4v) is 2.36. The van der Waals surface area contributed by atoms with Crippen LogP contribution < -0.4 is 5.32 Å². The van der Waals surface area contributed by atoms with Gasteiger partial charge >= 0.3 is 5.97 Å². The highest BCUT2D eigenvalue weighted by Gasteiger charge is 2.23. The molecule has 0 spiro atoms. The Morgan fingerprint density at radius 1 is 1.29 bits per heavy atom. The number of carbonyl (C=O) groups is 2. The second-order valence-corrected chi connectivity index (χ2v) is 6.48. The summed E-state index contributed by atoms with van der Waals surface area (Å²) in [4.78, 5) is 27.4. The van der Waals surface area contributed by atoms with Gasteiger partial charge in [-0.1, -0.05) is 37.0 Å². The Labute approximate surface area is 148 Å². The van der Waals surface area contributed by atoms with E-state index in [2.05, 4.69) is 10.3 Å². The maximum absolute atomic E-state index is 12.2. The topological polar surface area (TPSA) is 92.4 Å². The van der Waals surface area contributed by atoms with Gasteiger partial charge in [0.25, 0.3) is 5.91 Å². The Morgan fingerprint density at radius 2 is 2.00 bits per heavy atom. The third-order valence-corrected chi connectivity index (χ3v) is 3.95. The Balaban J connectivity index is 2.15. The van der Waals surface area contributed by atoms with Gasteiger partial charge in [-0.15, -0.1) is 0 Å². The summed E-state index contributed by atoms with van der Waals surface area (Å²) in [6.45, 7) is 3.75. The molecule has 2 N–H and O–H groups in total. The number of aliphatic carboxylic acids is 1. The molecule has 0 aliphatic rings.